The molecule has 0 aromatic carbocycles. The second kappa shape index (κ2) is 4.51. The summed E-state index contributed by atoms with van der Waals surface area (Å²) in [5.74, 6) is 0. The first-order valence-corrected chi connectivity index (χ1v) is 3.80. The Morgan fingerprint density at radius 3 is 2.18 bits per heavy atom. The molecule has 4 heteroatoms. The third kappa shape index (κ3) is 2.22. The molecule has 3 saturated heterocycles. The fourth-order valence-corrected chi connectivity index (χ4v) is 1.93. The van der Waals surface area contributed by atoms with E-state index < -0.39 is 0 Å². The van der Waals surface area contributed by atoms with E-state index in [2.05, 4.69) is 17.3 Å². The predicted molar refractivity (Wildman–Crippen MR) is 51.9 cm³/mol. The van der Waals surface area contributed by atoms with Crippen LogP contribution in [0.2, 0.25) is 0 Å². The standard InChI is InChI=1S/C7H14N2.2ClH/c1-9-5-6-2-3-7(9)4-8-6;;/h6-8H,2-5H2,1H3;2*1H/t6-,7-;;/m1../s1. The molecule has 0 spiro atoms. The number of halogens is 2. The van der Waals surface area contributed by atoms with Crippen molar-refractivity contribution in [2.24, 2.45) is 0 Å². The van der Waals surface area contributed by atoms with Gasteiger partial charge in [0.15, 0.2) is 0 Å². The third-order valence-electron chi connectivity index (χ3n) is 2.62. The molecule has 3 aliphatic rings. The van der Waals surface area contributed by atoms with Gasteiger partial charge in [0.25, 0.3) is 0 Å². The van der Waals surface area contributed by atoms with Gasteiger partial charge in [0.1, 0.15) is 0 Å². The van der Waals surface area contributed by atoms with Crippen LogP contribution in [0.4, 0.5) is 0 Å². The molecular formula is C7H16Cl2N2. The maximum Gasteiger partial charge on any atom is 0.0218 e. The second-order valence-corrected chi connectivity index (χ2v) is 3.28. The van der Waals surface area contributed by atoms with Crippen molar-refractivity contribution in [2.75, 3.05) is 20.1 Å². The van der Waals surface area contributed by atoms with Crippen molar-refractivity contribution in [1.29, 1.82) is 0 Å². The van der Waals surface area contributed by atoms with Crippen LogP contribution >= 0.6 is 24.8 Å². The molecular weight excluding hydrogens is 183 g/mol. The molecule has 68 valence electrons. The van der Waals surface area contributed by atoms with E-state index >= 15 is 0 Å². The molecule has 0 aromatic rings. The third-order valence-corrected chi connectivity index (χ3v) is 2.62. The van der Waals surface area contributed by atoms with E-state index in [1.807, 2.05) is 0 Å². The van der Waals surface area contributed by atoms with Gasteiger partial charge in [-0.25, -0.2) is 0 Å². The largest absolute Gasteiger partial charge is 0.311 e. The van der Waals surface area contributed by atoms with Crippen LogP contribution in [0.15, 0.2) is 0 Å². The molecule has 3 aliphatic heterocycles. The van der Waals surface area contributed by atoms with Crippen LogP contribution in [0, 0.1) is 0 Å². The van der Waals surface area contributed by atoms with Gasteiger partial charge in [0.05, 0.1) is 0 Å². The first-order valence-electron chi connectivity index (χ1n) is 3.80. The zero-order chi connectivity index (χ0) is 6.27. The van der Waals surface area contributed by atoms with Crippen molar-refractivity contribution in [1.82, 2.24) is 10.2 Å². The fourth-order valence-electron chi connectivity index (χ4n) is 1.93. The van der Waals surface area contributed by atoms with Gasteiger partial charge < -0.3 is 10.2 Å². The molecule has 2 atom stereocenters. The maximum atomic E-state index is 3.51. The number of likely N-dealkylation sites (N-methyl/N-ethyl adjacent to an activating group) is 1. The van der Waals surface area contributed by atoms with Crippen molar-refractivity contribution in [3.05, 3.63) is 0 Å². The molecule has 0 aromatic heterocycles. The summed E-state index contributed by atoms with van der Waals surface area (Å²) in [6.07, 6.45) is 2.81. The molecule has 11 heavy (non-hydrogen) atoms. The number of nitrogens with zero attached hydrogens (tertiary/aromatic N) is 1. The van der Waals surface area contributed by atoms with Gasteiger partial charge in [0, 0.05) is 25.2 Å². The first kappa shape index (κ1) is 11.5. The number of hydrogen-bond donors (Lipinski definition) is 1. The van der Waals surface area contributed by atoms with Gasteiger partial charge >= 0.3 is 0 Å². The van der Waals surface area contributed by atoms with Crippen LogP contribution in [0.25, 0.3) is 0 Å². The average Bonchev–Trinajstić information content (AvgIpc) is 1.90. The van der Waals surface area contributed by atoms with E-state index in [1.165, 1.54) is 25.9 Å². The Kier molecular flexibility index (Phi) is 4.71. The Labute approximate surface area is 80.5 Å². The number of fused-ring (bicyclic) bond motifs is 3. The monoisotopic (exact) mass is 198 g/mol. The second-order valence-electron chi connectivity index (χ2n) is 3.28. The molecule has 1 N–H and O–H groups in total. The number of piperidine rings is 2. The quantitative estimate of drug-likeness (QED) is 0.623. The highest BCUT2D eigenvalue weighted by Crippen LogP contribution is 2.19. The Bertz CT molecular complexity index is 113. The minimum atomic E-state index is 0. The van der Waals surface area contributed by atoms with Crippen molar-refractivity contribution in [3.63, 3.8) is 0 Å². The van der Waals surface area contributed by atoms with Crippen LogP contribution in [-0.2, 0) is 0 Å². The van der Waals surface area contributed by atoms with E-state index in [9.17, 15) is 0 Å². The Hall–Kier alpha value is 0.500. The van der Waals surface area contributed by atoms with Crippen molar-refractivity contribution < 1.29 is 0 Å². The molecule has 3 fully saturated rings. The lowest BCUT2D eigenvalue weighted by Gasteiger charge is -2.44. The number of nitrogens with one attached hydrogen (secondary N) is 1. The summed E-state index contributed by atoms with van der Waals surface area (Å²) in [5, 5.41) is 3.51. The molecule has 3 rings (SSSR count). The lowest BCUT2D eigenvalue weighted by atomic mass is 9.94. The normalized spacial score (nSPS) is 35.7. The number of hydrogen-bond acceptors (Lipinski definition) is 2. The Balaban J connectivity index is 0.000000500. The van der Waals surface area contributed by atoms with E-state index in [0.717, 1.165) is 12.1 Å². The Morgan fingerprint density at radius 1 is 1.27 bits per heavy atom. The highest BCUT2D eigenvalue weighted by Gasteiger charge is 2.30. The molecule has 0 saturated carbocycles. The minimum Gasteiger partial charge on any atom is -0.311 e. The SMILES string of the molecule is CN1C[C@H]2CC[C@@H]1CN2.Cl.Cl. The number of rotatable bonds is 0. The van der Waals surface area contributed by atoms with E-state index in [0.29, 0.717) is 0 Å². The van der Waals surface area contributed by atoms with E-state index in [1.54, 1.807) is 0 Å². The van der Waals surface area contributed by atoms with Gasteiger partial charge in [-0.2, -0.15) is 0 Å². The molecule has 0 radical (unpaired) electrons. The van der Waals surface area contributed by atoms with Crippen molar-refractivity contribution in [3.8, 4) is 0 Å². The predicted octanol–water partition coefficient (Wildman–Crippen LogP) is 0.896. The van der Waals surface area contributed by atoms with Crippen LogP contribution in [0.5, 0.6) is 0 Å². The first-order chi connectivity index (χ1) is 4.36. The zero-order valence-corrected chi connectivity index (χ0v) is 8.38. The Morgan fingerprint density at radius 2 is 2.00 bits per heavy atom. The molecule has 2 nitrogen and oxygen atoms in total. The van der Waals surface area contributed by atoms with Crippen LogP contribution in [0.3, 0.4) is 0 Å². The molecule has 3 heterocycles. The smallest absolute Gasteiger partial charge is 0.0218 e. The van der Waals surface area contributed by atoms with Gasteiger partial charge in [-0.3, -0.25) is 0 Å². The maximum absolute atomic E-state index is 3.51. The summed E-state index contributed by atoms with van der Waals surface area (Å²) in [5.41, 5.74) is 0. The summed E-state index contributed by atoms with van der Waals surface area (Å²) in [6, 6.07) is 1.65. The summed E-state index contributed by atoms with van der Waals surface area (Å²) in [4.78, 5) is 2.48. The molecule has 0 aliphatic carbocycles. The zero-order valence-electron chi connectivity index (χ0n) is 6.75. The fraction of sp³-hybridized carbons (Fsp3) is 1.00. The summed E-state index contributed by atoms with van der Waals surface area (Å²) < 4.78 is 0. The van der Waals surface area contributed by atoms with Crippen molar-refractivity contribution in [2.45, 2.75) is 24.9 Å². The summed E-state index contributed by atoms with van der Waals surface area (Å²) in [6.45, 7) is 2.49. The minimum absolute atomic E-state index is 0. The highest BCUT2D eigenvalue weighted by molar-refractivity contribution is 5.85. The lowest BCUT2D eigenvalue weighted by Crippen LogP contribution is -2.59. The van der Waals surface area contributed by atoms with Gasteiger partial charge in [-0.15, -0.1) is 24.8 Å². The van der Waals surface area contributed by atoms with Gasteiger partial charge in [-0.05, 0) is 19.9 Å². The summed E-state index contributed by atoms with van der Waals surface area (Å²) >= 11 is 0. The topological polar surface area (TPSA) is 15.3 Å². The lowest BCUT2D eigenvalue weighted by molar-refractivity contribution is 0.101. The molecule has 2 bridgehead atoms. The highest BCUT2D eigenvalue weighted by atomic mass is 35.5. The van der Waals surface area contributed by atoms with E-state index in [4.69, 9.17) is 0 Å². The molecule has 0 amide bonds. The van der Waals surface area contributed by atoms with Crippen LogP contribution < -0.4 is 5.32 Å². The molecule has 0 unspecified atom stereocenters. The van der Waals surface area contributed by atoms with Crippen LogP contribution in [-0.4, -0.2) is 37.1 Å². The van der Waals surface area contributed by atoms with Crippen molar-refractivity contribution >= 4 is 24.8 Å². The van der Waals surface area contributed by atoms with Gasteiger partial charge in [-0.1, -0.05) is 0 Å². The summed E-state index contributed by atoms with van der Waals surface area (Å²) in [7, 11) is 2.23. The van der Waals surface area contributed by atoms with Gasteiger partial charge in [0.2, 0.25) is 0 Å². The number of piperazine rings is 1. The van der Waals surface area contributed by atoms with Crippen LogP contribution in [0.1, 0.15) is 12.8 Å². The average molecular weight is 199 g/mol. The van der Waals surface area contributed by atoms with E-state index in [-0.39, 0.29) is 24.8 Å².